The van der Waals surface area contributed by atoms with Crippen molar-refractivity contribution in [2.75, 3.05) is 45.3 Å². The van der Waals surface area contributed by atoms with Gasteiger partial charge in [0.05, 0.1) is 20.3 Å². The molecule has 37 heavy (non-hydrogen) atoms. The van der Waals surface area contributed by atoms with Crippen LogP contribution >= 0.6 is 0 Å². The Morgan fingerprint density at radius 1 is 0.892 bits per heavy atom. The van der Waals surface area contributed by atoms with E-state index < -0.39 is 0 Å². The second kappa shape index (κ2) is 12.5. The lowest BCUT2D eigenvalue weighted by atomic mass is 10.1. The molecule has 1 aliphatic heterocycles. The molecule has 0 N–H and O–H groups in total. The minimum Gasteiger partial charge on any atom is -0.493 e. The molecule has 8 heteroatoms. The fraction of sp³-hybridized carbons (Fsp3) is 0.379. The van der Waals surface area contributed by atoms with Gasteiger partial charge in [-0.15, -0.1) is 0 Å². The molecule has 0 unspecified atom stereocenters. The third-order valence-electron chi connectivity index (χ3n) is 6.21. The van der Waals surface area contributed by atoms with Gasteiger partial charge in [0, 0.05) is 38.9 Å². The van der Waals surface area contributed by atoms with Crippen molar-refractivity contribution < 1.29 is 23.7 Å². The van der Waals surface area contributed by atoms with Gasteiger partial charge in [0.2, 0.25) is 5.75 Å². The Hall–Kier alpha value is -3.78. The number of hydrogen-bond donors (Lipinski definition) is 0. The van der Waals surface area contributed by atoms with Crippen molar-refractivity contribution in [1.29, 1.82) is 0 Å². The van der Waals surface area contributed by atoms with E-state index >= 15 is 0 Å². The first-order valence-corrected chi connectivity index (χ1v) is 12.5. The summed E-state index contributed by atoms with van der Waals surface area (Å²) in [7, 11) is 3.22. The summed E-state index contributed by atoms with van der Waals surface area (Å²) in [6, 6.07) is 17.6. The van der Waals surface area contributed by atoms with Crippen LogP contribution in [0, 0.1) is 0 Å². The molecule has 1 aromatic heterocycles. The van der Waals surface area contributed by atoms with Crippen LogP contribution in [0.1, 0.15) is 35.3 Å². The first-order valence-electron chi connectivity index (χ1n) is 12.5. The number of para-hydroxylation sites is 1. The number of hydrogen-bond acceptors (Lipinski definition) is 8. The average molecular weight is 506 g/mol. The number of esters is 1. The van der Waals surface area contributed by atoms with Crippen molar-refractivity contribution in [3.63, 3.8) is 0 Å². The van der Waals surface area contributed by atoms with Gasteiger partial charge >= 0.3 is 5.97 Å². The number of ether oxygens (including phenoxy) is 4. The maximum absolute atomic E-state index is 12.5. The molecule has 196 valence electrons. The summed E-state index contributed by atoms with van der Waals surface area (Å²) < 4.78 is 22.2. The van der Waals surface area contributed by atoms with Crippen LogP contribution in [0.15, 0.2) is 60.8 Å². The number of nitrogens with zero attached hydrogens (tertiary/aromatic N) is 3. The molecule has 8 nitrogen and oxygen atoms in total. The van der Waals surface area contributed by atoms with Crippen LogP contribution in [0.3, 0.4) is 0 Å². The standard InChI is InChI=1S/C29H35N3O5/c1-21(2)37-29(33)24-7-6-14-30-28(24)32-17-15-31(16-18-32)19-22-10-12-23(13-11-22)20-36-26-9-5-8-25(34-3)27(26)35-4/h5-14,21H,15-20H2,1-4H3. The molecule has 1 saturated heterocycles. The van der Waals surface area contributed by atoms with Crippen molar-refractivity contribution in [3.8, 4) is 17.2 Å². The fourth-order valence-electron chi connectivity index (χ4n) is 4.34. The van der Waals surface area contributed by atoms with E-state index in [-0.39, 0.29) is 12.1 Å². The molecule has 3 aromatic rings. The predicted molar refractivity (Wildman–Crippen MR) is 143 cm³/mol. The molecule has 0 amide bonds. The summed E-state index contributed by atoms with van der Waals surface area (Å²) in [5.74, 6) is 2.26. The zero-order valence-electron chi connectivity index (χ0n) is 22.0. The average Bonchev–Trinajstić information content (AvgIpc) is 2.92. The van der Waals surface area contributed by atoms with E-state index in [0.717, 1.165) is 38.3 Å². The Kier molecular flexibility index (Phi) is 8.85. The van der Waals surface area contributed by atoms with Gasteiger partial charge in [-0.25, -0.2) is 9.78 Å². The third kappa shape index (κ3) is 6.71. The first-order chi connectivity index (χ1) is 18.0. The topological polar surface area (TPSA) is 73.4 Å². The van der Waals surface area contributed by atoms with Crippen LogP contribution in [0.25, 0.3) is 0 Å². The number of rotatable bonds is 10. The van der Waals surface area contributed by atoms with Gasteiger partial charge in [-0.1, -0.05) is 30.3 Å². The maximum Gasteiger partial charge on any atom is 0.342 e. The van der Waals surface area contributed by atoms with E-state index in [1.165, 1.54) is 5.56 Å². The molecule has 0 aliphatic carbocycles. The van der Waals surface area contributed by atoms with Crippen LogP contribution in [-0.4, -0.2) is 62.4 Å². The van der Waals surface area contributed by atoms with E-state index in [1.807, 2.05) is 32.0 Å². The summed E-state index contributed by atoms with van der Waals surface area (Å²) in [6.07, 6.45) is 1.56. The number of carbonyl (C=O) groups excluding carboxylic acids is 1. The van der Waals surface area contributed by atoms with Gasteiger partial charge in [0.15, 0.2) is 11.5 Å². The second-order valence-corrected chi connectivity index (χ2v) is 9.19. The molecule has 0 atom stereocenters. The third-order valence-corrected chi connectivity index (χ3v) is 6.21. The summed E-state index contributed by atoms with van der Waals surface area (Å²) in [5, 5.41) is 0. The Morgan fingerprint density at radius 3 is 2.27 bits per heavy atom. The number of piperazine rings is 1. The lowest BCUT2D eigenvalue weighted by molar-refractivity contribution is 0.0378. The second-order valence-electron chi connectivity index (χ2n) is 9.19. The van der Waals surface area contributed by atoms with Crippen LogP contribution < -0.4 is 19.1 Å². The minimum atomic E-state index is -0.325. The van der Waals surface area contributed by atoms with Gasteiger partial charge in [-0.2, -0.15) is 0 Å². The number of carbonyl (C=O) groups is 1. The quantitative estimate of drug-likeness (QED) is 0.371. The number of pyridine rings is 1. The van der Waals surface area contributed by atoms with Crippen LogP contribution in [-0.2, 0) is 17.9 Å². The Morgan fingerprint density at radius 2 is 1.59 bits per heavy atom. The minimum absolute atomic E-state index is 0.167. The highest BCUT2D eigenvalue weighted by Gasteiger charge is 2.23. The highest BCUT2D eigenvalue weighted by Crippen LogP contribution is 2.37. The number of methoxy groups -OCH3 is 2. The zero-order valence-corrected chi connectivity index (χ0v) is 22.0. The summed E-state index contributed by atoms with van der Waals surface area (Å²) in [6.45, 7) is 8.37. The molecule has 2 aromatic carbocycles. The van der Waals surface area contributed by atoms with E-state index in [0.29, 0.717) is 35.2 Å². The van der Waals surface area contributed by atoms with Gasteiger partial charge in [0.25, 0.3) is 0 Å². The van der Waals surface area contributed by atoms with Crippen molar-refractivity contribution >= 4 is 11.8 Å². The molecule has 0 radical (unpaired) electrons. The highest BCUT2D eigenvalue weighted by atomic mass is 16.5. The van der Waals surface area contributed by atoms with E-state index in [2.05, 4.69) is 39.0 Å². The summed E-state index contributed by atoms with van der Waals surface area (Å²) in [4.78, 5) is 21.6. The molecule has 0 bridgehead atoms. The number of benzene rings is 2. The van der Waals surface area contributed by atoms with Gasteiger partial charge in [-0.05, 0) is 49.2 Å². The monoisotopic (exact) mass is 505 g/mol. The van der Waals surface area contributed by atoms with E-state index in [1.54, 1.807) is 32.5 Å². The Balaban J connectivity index is 1.30. The van der Waals surface area contributed by atoms with Gasteiger partial charge in [0.1, 0.15) is 18.0 Å². The molecule has 0 saturated carbocycles. The van der Waals surface area contributed by atoms with E-state index in [9.17, 15) is 4.79 Å². The lowest BCUT2D eigenvalue weighted by Gasteiger charge is -2.36. The van der Waals surface area contributed by atoms with Gasteiger partial charge < -0.3 is 23.8 Å². The zero-order chi connectivity index (χ0) is 26.2. The molecule has 0 spiro atoms. The highest BCUT2D eigenvalue weighted by molar-refractivity contribution is 5.94. The molecular weight excluding hydrogens is 470 g/mol. The molecule has 2 heterocycles. The van der Waals surface area contributed by atoms with Crippen molar-refractivity contribution in [2.45, 2.75) is 33.1 Å². The summed E-state index contributed by atoms with van der Waals surface area (Å²) >= 11 is 0. The fourth-order valence-corrected chi connectivity index (χ4v) is 4.34. The predicted octanol–water partition coefficient (Wildman–Crippen LogP) is 4.57. The maximum atomic E-state index is 12.5. The SMILES string of the molecule is COc1cccc(OCc2ccc(CN3CCN(c4ncccc4C(=O)OC(C)C)CC3)cc2)c1OC. The van der Waals surface area contributed by atoms with Crippen LogP contribution in [0.5, 0.6) is 17.2 Å². The molecule has 1 aliphatic rings. The Labute approximate surface area is 218 Å². The summed E-state index contributed by atoms with van der Waals surface area (Å²) in [5.41, 5.74) is 2.85. The van der Waals surface area contributed by atoms with Gasteiger partial charge in [-0.3, -0.25) is 4.90 Å². The number of anilines is 1. The van der Waals surface area contributed by atoms with Crippen molar-refractivity contribution in [3.05, 3.63) is 77.5 Å². The normalized spacial score (nSPS) is 13.9. The van der Waals surface area contributed by atoms with E-state index in [4.69, 9.17) is 18.9 Å². The molecular formula is C29H35N3O5. The van der Waals surface area contributed by atoms with Crippen LogP contribution in [0.4, 0.5) is 5.82 Å². The lowest BCUT2D eigenvalue weighted by Crippen LogP contribution is -2.46. The number of aromatic nitrogens is 1. The van der Waals surface area contributed by atoms with Crippen LogP contribution in [0.2, 0.25) is 0 Å². The van der Waals surface area contributed by atoms with Crippen molar-refractivity contribution in [2.24, 2.45) is 0 Å². The molecule has 1 fully saturated rings. The first kappa shape index (κ1) is 26.3. The largest absolute Gasteiger partial charge is 0.493 e. The molecule has 4 rings (SSSR count). The smallest absolute Gasteiger partial charge is 0.342 e. The van der Waals surface area contributed by atoms with Crippen molar-refractivity contribution in [1.82, 2.24) is 9.88 Å². The Bertz CT molecular complexity index is 1170.